The molecule has 1 aromatic heterocycles. The fourth-order valence-electron chi connectivity index (χ4n) is 4.47. The van der Waals surface area contributed by atoms with Gasteiger partial charge in [0.1, 0.15) is 0 Å². The first-order valence-electron chi connectivity index (χ1n) is 9.70. The Morgan fingerprint density at radius 2 is 1.79 bits per heavy atom. The Labute approximate surface area is 163 Å². The SMILES string of the molecule is CC1CCc2c(c(-c3ccc([N+](=O)[O-])cc3)nc3ccc4ccccc4c23)C1. The number of pyridine rings is 1. The molecule has 0 bridgehead atoms. The minimum absolute atomic E-state index is 0.109. The maximum absolute atomic E-state index is 11.0. The van der Waals surface area contributed by atoms with Crippen LogP contribution in [0.2, 0.25) is 0 Å². The summed E-state index contributed by atoms with van der Waals surface area (Å²) in [6, 6.07) is 19.5. The van der Waals surface area contributed by atoms with E-state index in [1.54, 1.807) is 12.1 Å². The topological polar surface area (TPSA) is 56.0 Å². The second kappa shape index (κ2) is 6.41. The van der Waals surface area contributed by atoms with E-state index in [0.29, 0.717) is 5.92 Å². The molecule has 0 aliphatic heterocycles. The van der Waals surface area contributed by atoms with Crippen LogP contribution in [0.1, 0.15) is 24.5 Å². The highest BCUT2D eigenvalue weighted by atomic mass is 16.6. The zero-order chi connectivity index (χ0) is 19.3. The molecule has 3 aromatic carbocycles. The maximum Gasteiger partial charge on any atom is 0.269 e. The van der Waals surface area contributed by atoms with Gasteiger partial charge in [0.15, 0.2) is 0 Å². The number of nitro benzene ring substituents is 1. The molecule has 0 radical (unpaired) electrons. The molecule has 4 heteroatoms. The van der Waals surface area contributed by atoms with Crippen LogP contribution in [0.3, 0.4) is 0 Å². The first kappa shape index (κ1) is 16.9. The van der Waals surface area contributed by atoms with E-state index in [1.165, 1.54) is 33.7 Å². The van der Waals surface area contributed by atoms with Crippen molar-refractivity contribution >= 4 is 27.4 Å². The lowest BCUT2D eigenvalue weighted by molar-refractivity contribution is -0.384. The van der Waals surface area contributed by atoms with Gasteiger partial charge >= 0.3 is 0 Å². The quantitative estimate of drug-likeness (QED) is 0.244. The summed E-state index contributed by atoms with van der Waals surface area (Å²) in [4.78, 5) is 15.7. The summed E-state index contributed by atoms with van der Waals surface area (Å²) in [7, 11) is 0. The lowest BCUT2D eigenvalue weighted by Crippen LogP contribution is -2.14. The number of hydrogen-bond acceptors (Lipinski definition) is 3. The van der Waals surface area contributed by atoms with Crippen LogP contribution in [0, 0.1) is 16.0 Å². The number of non-ortho nitro benzene ring substituents is 1. The van der Waals surface area contributed by atoms with Gasteiger partial charge in [-0.2, -0.15) is 0 Å². The Hall–Kier alpha value is -3.27. The summed E-state index contributed by atoms with van der Waals surface area (Å²) in [5, 5.41) is 14.8. The largest absolute Gasteiger partial charge is 0.269 e. The molecule has 0 fully saturated rings. The molecule has 1 unspecified atom stereocenters. The number of hydrogen-bond donors (Lipinski definition) is 0. The predicted molar refractivity (Wildman–Crippen MR) is 113 cm³/mol. The van der Waals surface area contributed by atoms with Gasteiger partial charge in [-0.3, -0.25) is 10.1 Å². The first-order valence-corrected chi connectivity index (χ1v) is 9.70. The van der Waals surface area contributed by atoms with Crippen LogP contribution in [-0.4, -0.2) is 9.91 Å². The minimum atomic E-state index is -0.360. The molecule has 4 nitrogen and oxygen atoms in total. The fraction of sp³-hybridized carbons (Fsp3) is 0.208. The van der Waals surface area contributed by atoms with Crippen molar-refractivity contribution in [2.45, 2.75) is 26.2 Å². The van der Waals surface area contributed by atoms with Crippen LogP contribution >= 0.6 is 0 Å². The van der Waals surface area contributed by atoms with Gasteiger partial charge in [-0.25, -0.2) is 4.98 Å². The molecule has 1 aliphatic carbocycles. The average molecular weight is 368 g/mol. The highest BCUT2D eigenvalue weighted by Gasteiger charge is 2.24. The van der Waals surface area contributed by atoms with E-state index in [-0.39, 0.29) is 10.6 Å². The molecule has 0 saturated carbocycles. The summed E-state index contributed by atoms with van der Waals surface area (Å²) in [5.41, 5.74) is 5.73. The van der Waals surface area contributed by atoms with Crippen LogP contribution < -0.4 is 0 Å². The van der Waals surface area contributed by atoms with E-state index >= 15 is 0 Å². The van der Waals surface area contributed by atoms with Gasteiger partial charge in [-0.15, -0.1) is 0 Å². The molecule has 0 saturated heterocycles. The van der Waals surface area contributed by atoms with Crippen molar-refractivity contribution in [3.63, 3.8) is 0 Å². The third-order valence-electron chi connectivity index (χ3n) is 5.88. The van der Waals surface area contributed by atoms with Crippen molar-refractivity contribution in [2.75, 3.05) is 0 Å². The van der Waals surface area contributed by atoms with E-state index < -0.39 is 0 Å². The summed E-state index contributed by atoms with van der Waals surface area (Å²) in [6.45, 7) is 2.29. The molecule has 1 aliphatic rings. The van der Waals surface area contributed by atoms with Gasteiger partial charge in [0.2, 0.25) is 0 Å². The van der Waals surface area contributed by atoms with Crippen molar-refractivity contribution in [1.82, 2.24) is 4.98 Å². The van der Waals surface area contributed by atoms with Gasteiger partial charge in [0, 0.05) is 23.1 Å². The summed E-state index contributed by atoms with van der Waals surface area (Å²) in [5.74, 6) is 0.610. The molecular weight excluding hydrogens is 348 g/mol. The lowest BCUT2D eigenvalue weighted by Gasteiger charge is -2.26. The van der Waals surface area contributed by atoms with Gasteiger partial charge in [0.05, 0.1) is 16.1 Å². The lowest BCUT2D eigenvalue weighted by atomic mass is 9.80. The number of rotatable bonds is 2. The Bertz CT molecular complexity index is 1230. The number of aromatic nitrogens is 1. The van der Waals surface area contributed by atoms with Crippen molar-refractivity contribution < 1.29 is 4.92 Å². The Kier molecular flexibility index (Phi) is 3.86. The molecule has 138 valence electrons. The van der Waals surface area contributed by atoms with E-state index in [2.05, 4.69) is 43.3 Å². The predicted octanol–water partition coefficient (Wildman–Crippen LogP) is 6.09. The molecule has 1 heterocycles. The number of fused-ring (bicyclic) bond motifs is 5. The van der Waals surface area contributed by atoms with E-state index in [0.717, 1.165) is 29.6 Å². The zero-order valence-corrected chi connectivity index (χ0v) is 15.7. The molecule has 1 atom stereocenters. The smallest absolute Gasteiger partial charge is 0.258 e. The van der Waals surface area contributed by atoms with Gasteiger partial charge in [-0.05, 0) is 65.3 Å². The highest BCUT2D eigenvalue weighted by Crippen LogP contribution is 2.39. The Balaban J connectivity index is 1.81. The number of nitro groups is 1. The van der Waals surface area contributed by atoms with Gasteiger partial charge < -0.3 is 0 Å². The van der Waals surface area contributed by atoms with Crippen LogP contribution in [-0.2, 0) is 12.8 Å². The van der Waals surface area contributed by atoms with Gasteiger partial charge in [-0.1, -0.05) is 37.3 Å². The minimum Gasteiger partial charge on any atom is -0.258 e. The van der Waals surface area contributed by atoms with Crippen molar-refractivity contribution in [3.05, 3.63) is 81.9 Å². The zero-order valence-electron chi connectivity index (χ0n) is 15.7. The molecule has 4 aromatic rings. The summed E-state index contributed by atoms with van der Waals surface area (Å²) in [6.07, 6.45) is 3.21. The Morgan fingerprint density at radius 1 is 1.00 bits per heavy atom. The highest BCUT2D eigenvalue weighted by molar-refractivity contribution is 6.09. The second-order valence-corrected chi connectivity index (χ2v) is 7.75. The fourth-order valence-corrected chi connectivity index (χ4v) is 4.47. The van der Waals surface area contributed by atoms with E-state index in [9.17, 15) is 10.1 Å². The van der Waals surface area contributed by atoms with E-state index in [4.69, 9.17) is 4.98 Å². The van der Waals surface area contributed by atoms with E-state index in [1.807, 2.05) is 12.1 Å². The van der Waals surface area contributed by atoms with Crippen molar-refractivity contribution in [3.8, 4) is 11.3 Å². The third-order valence-corrected chi connectivity index (χ3v) is 5.88. The monoisotopic (exact) mass is 368 g/mol. The summed E-state index contributed by atoms with van der Waals surface area (Å²) >= 11 is 0. The Morgan fingerprint density at radius 3 is 2.57 bits per heavy atom. The van der Waals surface area contributed by atoms with Crippen LogP contribution in [0.4, 0.5) is 5.69 Å². The molecule has 5 rings (SSSR count). The number of benzene rings is 3. The van der Waals surface area contributed by atoms with Crippen LogP contribution in [0.25, 0.3) is 32.9 Å². The average Bonchev–Trinajstić information content (AvgIpc) is 2.72. The van der Waals surface area contributed by atoms with Gasteiger partial charge in [0.25, 0.3) is 5.69 Å². The molecule has 0 amide bonds. The number of aryl methyl sites for hydroxylation is 1. The normalized spacial score (nSPS) is 16.2. The number of nitrogens with zero attached hydrogens (tertiary/aromatic N) is 2. The summed E-state index contributed by atoms with van der Waals surface area (Å²) < 4.78 is 0. The third kappa shape index (κ3) is 2.64. The molecule has 0 spiro atoms. The van der Waals surface area contributed by atoms with Crippen LogP contribution in [0.5, 0.6) is 0 Å². The molecule has 28 heavy (non-hydrogen) atoms. The van der Waals surface area contributed by atoms with Crippen molar-refractivity contribution in [2.24, 2.45) is 5.92 Å². The van der Waals surface area contributed by atoms with Crippen LogP contribution in [0.15, 0.2) is 60.7 Å². The maximum atomic E-state index is 11.0. The first-order chi connectivity index (χ1) is 13.6. The van der Waals surface area contributed by atoms with Crippen molar-refractivity contribution in [1.29, 1.82) is 0 Å². The molecular formula is C24H20N2O2. The second-order valence-electron chi connectivity index (χ2n) is 7.75. The standard InChI is InChI=1S/C24H20N2O2/c1-15-6-12-20-21(14-15)24(17-7-10-18(11-8-17)26(27)28)25-22-13-9-16-4-2-3-5-19(16)23(20)22/h2-5,7-11,13,15H,6,12,14H2,1H3. The molecule has 0 N–H and O–H groups in total.